The fourth-order valence-corrected chi connectivity index (χ4v) is 3.96. The first-order chi connectivity index (χ1) is 11.7. The number of aromatic nitrogens is 1. The lowest BCUT2D eigenvalue weighted by Crippen LogP contribution is -2.26. The highest BCUT2D eigenvalue weighted by atomic mass is 32.2. The summed E-state index contributed by atoms with van der Waals surface area (Å²) in [6.45, 7) is 0.638. The van der Waals surface area contributed by atoms with E-state index in [0.29, 0.717) is 12.3 Å². The number of nitrogens with zero attached hydrogens (tertiary/aromatic N) is 1. The molecule has 0 spiro atoms. The molecule has 24 heavy (non-hydrogen) atoms. The van der Waals surface area contributed by atoms with Crippen molar-refractivity contribution in [3.05, 3.63) is 59.4 Å². The molecule has 3 nitrogen and oxygen atoms in total. The van der Waals surface area contributed by atoms with E-state index >= 15 is 0 Å². The number of para-hydroxylation sites is 1. The second-order valence-corrected chi connectivity index (χ2v) is 7.44. The van der Waals surface area contributed by atoms with Gasteiger partial charge in [0.25, 0.3) is 0 Å². The normalized spacial score (nSPS) is 10.9. The fourth-order valence-electron chi connectivity index (χ4n) is 2.23. The van der Waals surface area contributed by atoms with Gasteiger partial charge in [0.05, 0.1) is 21.0 Å². The van der Waals surface area contributed by atoms with E-state index in [1.807, 2.05) is 18.2 Å². The van der Waals surface area contributed by atoms with Gasteiger partial charge in [-0.05, 0) is 42.8 Å². The number of amides is 1. The highest BCUT2D eigenvalue weighted by Crippen LogP contribution is 2.22. The first-order valence-electron chi connectivity index (χ1n) is 7.70. The Kier molecular flexibility index (Phi) is 5.82. The number of carbonyl (C=O) groups is 1. The molecule has 0 radical (unpaired) electrons. The standard InChI is InChI=1S/C18H17FN2OS2/c19-13-7-9-14(10-8-13)23-12-17(22)20-11-3-6-18-21-15-4-1-2-5-16(15)24-18/h1-2,4-5,7-10H,3,6,11-12H2,(H,20,22). The number of thioether (sulfide) groups is 1. The molecule has 6 heteroatoms. The lowest BCUT2D eigenvalue weighted by atomic mass is 10.3. The van der Waals surface area contributed by atoms with Gasteiger partial charge in [0, 0.05) is 17.9 Å². The lowest BCUT2D eigenvalue weighted by molar-refractivity contribution is -0.118. The number of hydrogen-bond acceptors (Lipinski definition) is 4. The molecule has 0 saturated carbocycles. The summed E-state index contributed by atoms with van der Waals surface area (Å²) in [5.74, 6) is 0.0690. The number of aryl methyl sites for hydroxylation is 1. The Balaban J connectivity index is 1.36. The molecule has 1 amide bonds. The van der Waals surface area contributed by atoms with E-state index in [0.717, 1.165) is 28.3 Å². The molecule has 124 valence electrons. The van der Waals surface area contributed by atoms with Gasteiger partial charge in [0.15, 0.2) is 0 Å². The maximum absolute atomic E-state index is 12.8. The quantitative estimate of drug-likeness (QED) is 0.505. The number of hydrogen-bond donors (Lipinski definition) is 1. The summed E-state index contributed by atoms with van der Waals surface area (Å²) < 4.78 is 14.0. The van der Waals surface area contributed by atoms with E-state index in [9.17, 15) is 9.18 Å². The topological polar surface area (TPSA) is 42.0 Å². The third kappa shape index (κ3) is 4.79. The number of halogens is 1. The molecule has 1 heterocycles. The third-order valence-electron chi connectivity index (χ3n) is 3.41. The summed E-state index contributed by atoms with van der Waals surface area (Å²) in [4.78, 5) is 17.3. The Labute approximate surface area is 148 Å². The summed E-state index contributed by atoms with van der Waals surface area (Å²) in [6, 6.07) is 14.3. The molecule has 0 aliphatic carbocycles. The van der Waals surface area contributed by atoms with Crippen LogP contribution in [0.5, 0.6) is 0 Å². The lowest BCUT2D eigenvalue weighted by Gasteiger charge is -2.04. The van der Waals surface area contributed by atoms with Crippen molar-refractivity contribution in [2.24, 2.45) is 0 Å². The zero-order valence-electron chi connectivity index (χ0n) is 13.0. The van der Waals surface area contributed by atoms with Crippen LogP contribution < -0.4 is 5.32 Å². The minimum atomic E-state index is -0.265. The van der Waals surface area contributed by atoms with Crippen LogP contribution in [-0.4, -0.2) is 23.2 Å². The van der Waals surface area contributed by atoms with Gasteiger partial charge in [-0.1, -0.05) is 12.1 Å². The molecule has 0 fully saturated rings. The highest BCUT2D eigenvalue weighted by molar-refractivity contribution is 8.00. The predicted octanol–water partition coefficient (Wildman–Crippen LogP) is 4.28. The molecular weight excluding hydrogens is 343 g/mol. The molecule has 0 atom stereocenters. The summed E-state index contributed by atoms with van der Waals surface area (Å²) in [7, 11) is 0. The van der Waals surface area contributed by atoms with Crippen LogP contribution in [-0.2, 0) is 11.2 Å². The van der Waals surface area contributed by atoms with Crippen molar-refractivity contribution in [1.82, 2.24) is 10.3 Å². The molecule has 2 aromatic carbocycles. The smallest absolute Gasteiger partial charge is 0.230 e. The van der Waals surface area contributed by atoms with Crippen LogP contribution in [0, 0.1) is 5.82 Å². The van der Waals surface area contributed by atoms with Crippen molar-refractivity contribution in [3.63, 3.8) is 0 Å². The number of benzene rings is 2. The minimum Gasteiger partial charge on any atom is -0.355 e. The molecular formula is C18H17FN2OS2. The maximum atomic E-state index is 12.8. The van der Waals surface area contributed by atoms with Crippen LogP contribution in [0.1, 0.15) is 11.4 Å². The van der Waals surface area contributed by atoms with E-state index in [1.54, 1.807) is 23.5 Å². The van der Waals surface area contributed by atoms with Crippen LogP contribution in [0.4, 0.5) is 4.39 Å². The number of rotatable bonds is 7. The third-order valence-corrected chi connectivity index (χ3v) is 5.52. The molecule has 3 aromatic rings. The van der Waals surface area contributed by atoms with Crippen LogP contribution >= 0.6 is 23.1 Å². The maximum Gasteiger partial charge on any atom is 0.230 e. The average molecular weight is 360 g/mol. The van der Waals surface area contributed by atoms with Gasteiger partial charge in [-0.15, -0.1) is 23.1 Å². The molecule has 0 bridgehead atoms. The van der Waals surface area contributed by atoms with Crippen molar-refractivity contribution in [1.29, 1.82) is 0 Å². The zero-order valence-corrected chi connectivity index (χ0v) is 14.6. The Morgan fingerprint density at radius 3 is 2.75 bits per heavy atom. The van der Waals surface area contributed by atoms with Crippen LogP contribution in [0.3, 0.4) is 0 Å². The Bertz CT molecular complexity index is 784. The van der Waals surface area contributed by atoms with Gasteiger partial charge in [-0.2, -0.15) is 0 Å². The van der Waals surface area contributed by atoms with Crippen LogP contribution in [0.25, 0.3) is 10.2 Å². The van der Waals surface area contributed by atoms with Gasteiger partial charge in [0.2, 0.25) is 5.91 Å². The fraction of sp³-hybridized carbons (Fsp3) is 0.222. The van der Waals surface area contributed by atoms with Crippen molar-refractivity contribution < 1.29 is 9.18 Å². The molecule has 0 saturated heterocycles. The molecule has 0 unspecified atom stereocenters. The number of carbonyl (C=O) groups excluding carboxylic acids is 1. The van der Waals surface area contributed by atoms with E-state index in [-0.39, 0.29) is 11.7 Å². The van der Waals surface area contributed by atoms with Gasteiger partial charge in [-0.25, -0.2) is 9.37 Å². The average Bonchev–Trinajstić information content (AvgIpc) is 3.01. The summed E-state index contributed by atoms with van der Waals surface area (Å²) in [5, 5.41) is 4.01. The number of thiazole rings is 1. The molecule has 1 aromatic heterocycles. The molecule has 0 aliphatic heterocycles. The van der Waals surface area contributed by atoms with E-state index in [4.69, 9.17) is 0 Å². The summed E-state index contributed by atoms with van der Waals surface area (Å²) >= 11 is 3.11. The minimum absolute atomic E-state index is 0.00590. The Hall–Kier alpha value is -1.92. The summed E-state index contributed by atoms with van der Waals surface area (Å²) in [5.41, 5.74) is 1.04. The largest absolute Gasteiger partial charge is 0.355 e. The molecule has 3 rings (SSSR count). The molecule has 1 N–H and O–H groups in total. The Morgan fingerprint density at radius 1 is 1.17 bits per heavy atom. The Morgan fingerprint density at radius 2 is 1.96 bits per heavy atom. The van der Waals surface area contributed by atoms with Gasteiger partial charge in [-0.3, -0.25) is 4.79 Å². The monoisotopic (exact) mass is 360 g/mol. The van der Waals surface area contributed by atoms with E-state index < -0.39 is 0 Å². The van der Waals surface area contributed by atoms with E-state index in [1.165, 1.54) is 28.6 Å². The summed E-state index contributed by atoms with van der Waals surface area (Å²) in [6.07, 6.45) is 1.73. The van der Waals surface area contributed by atoms with Crippen molar-refractivity contribution in [2.75, 3.05) is 12.3 Å². The van der Waals surface area contributed by atoms with Gasteiger partial charge >= 0.3 is 0 Å². The van der Waals surface area contributed by atoms with E-state index in [2.05, 4.69) is 16.4 Å². The first kappa shape index (κ1) is 16.9. The number of nitrogens with one attached hydrogen (secondary N) is 1. The number of fused-ring (bicyclic) bond motifs is 1. The van der Waals surface area contributed by atoms with Crippen LogP contribution in [0.15, 0.2) is 53.4 Å². The zero-order chi connectivity index (χ0) is 16.8. The van der Waals surface area contributed by atoms with Crippen molar-refractivity contribution in [2.45, 2.75) is 17.7 Å². The SMILES string of the molecule is O=C(CSc1ccc(F)cc1)NCCCc1nc2ccccc2s1. The highest BCUT2D eigenvalue weighted by Gasteiger charge is 2.05. The second kappa shape index (κ2) is 8.26. The first-order valence-corrected chi connectivity index (χ1v) is 9.50. The second-order valence-electron chi connectivity index (χ2n) is 5.27. The van der Waals surface area contributed by atoms with Gasteiger partial charge in [0.1, 0.15) is 5.82 Å². The van der Waals surface area contributed by atoms with Crippen molar-refractivity contribution >= 4 is 39.2 Å². The predicted molar refractivity (Wildman–Crippen MR) is 98.1 cm³/mol. The van der Waals surface area contributed by atoms with Crippen LogP contribution in [0.2, 0.25) is 0 Å². The van der Waals surface area contributed by atoms with Crippen molar-refractivity contribution in [3.8, 4) is 0 Å². The molecule has 0 aliphatic rings. The van der Waals surface area contributed by atoms with Gasteiger partial charge < -0.3 is 5.32 Å².